The van der Waals surface area contributed by atoms with Crippen molar-refractivity contribution in [3.8, 4) is 17.0 Å². The fourth-order valence-electron chi connectivity index (χ4n) is 3.99. The van der Waals surface area contributed by atoms with Crippen molar-refractivity contribution in [1.29, 1.82) is 0 Å². The van der Waals surface area contributed by atoms with E-state index in [9.17, 15) is 13.2 Å². The van der Waals surface area contributed by atoms with Crippen LogP contribution in [0, 0.1) is 0 Å². The molecule has 1 saturated heterocycles. The Morgan fingerprint density at radius 3 is 2.66 bits per heavy atom. The molecular formula is C23H24ClN3O4S. The Kier molecular flexibility index (Phi) is 6.26. The van der Waals surface area contributed by atoms with Crippen LogP contribution in [0.4, 0.5) is 0 Å². The molecule has 9 heteroatoms. The van der Waals surface area contributed by atoms with Crippen molar-refractivity contribution in [3.05, 3.63) is 70.9 Å². The number of ether oxygens (including phenoxy) is 1. The Bertz CT molecular complexity index is 1260. The number of benzene rings is 2. The summed E-state index contributed by atoms with van der Waals surface area (Å²) in [5, 5.41) is 4.17. The number of methoxy groups -OCH3 is 1. The van der Waals surface area contributed by atoms with Crippen molar-refractivity contribution >= 4 is 27.3 Å². The van der Waals surface area contributed by atoms with Crippen molar-refractivity contribution in [3.63, 3.8) is 0 Å². The zero-order valence-corrected chi connectivity index (χ0v) is 19.4. The van der Waals surface area contributed by atoms with Crippen molar-refractivity contribution in [2.45, 2.75) is 11.7 Å². The molecule has 7 nitrogen and oxygen atoms in total. The van der Waals surface area contributed by atoms with Crippen molar-refractivity contribution in [2.24, 2.45) is 7.05 Å². The number of sulfone groups is 1. The van der Waals surface area contributed by atoms with E-state index in [1.807, 2.05) is 24.3 Å². The molecule has 32 heavy (non-hydrogen) atoms. The fourth-order valence-corrected chi connectivity index (χ4v) is 6.13. The van der Waals surface area contributed by atoms with E-state index in [4.69, 9.17) is 16.3 Å². The Balaban J connectivity index is 1.58. The topological polar surface area (TPSA) is 81.5 Å². The zero-order valence-electron chi connectivity index (χ0n) is 17.9. The van der Waals surface area contributed by atoms with Crippen molar-refractivity contribution < 1.29 is 17.9 Å². The minimum atomic E-state index is -3.45. The van der Waals surface area contributed by atoms with Crippen LogP contribution >= 0.6 is 11.6 Å². The van der Waals surface area contributed by atoms with E-state index >= 15 is 0 Å². The summed E-state index contributed by atoms with van der Waals surface area (Å²) >= 11 is 6.27. The minimum absolute atomic E-state index is 0.116. The first-order chi connectivity index (χ1) is 15.3. The highest BCUT2D eigenvalue weighted by atomic mass is 35.5. The first-order valence-corrected chi connectivity index (χ1v) is 12.3. The Morgan fingerprint density at radius 1 is 1.12 bits per heavy atom. The lowest BCUT2D eigenvalue weighted by Crippen LogP contribution is -2.34. The highest BCUT2D eigenvalue weighted by Gasteiger charge is 2.34. The summed E-state index contributed by atoms with van der Waals surface area (Å²) in [5.41, 5.74) is 2.46. The molecule has 1 atom stereocenters. The number of amides is 1. The SMILES string of the molecule is COc1cccc(-c2cc(C(=O)N3CCC(c4ccccc4Cl)S(=O)(=O)CC3)n(C)n2)c1. The fraction of sp³-hybridized carbons (Fsp3) is 0.304. The lowest BCUT2D eigenvalue weighted by molar-refractivity contribution is 0.0755. The van der Waals surface area contributed by atoms with Crippen LogP contribution < -0.4 is 4.74 Å². The molecule has 0 saturated carbocycles. The lowest BCUT2D eigenvalue weighted by Gasteiger charge is -2.20. The molecule has 0 N–H and O–H groups in total. The van der Waals surface area contributed by atoms with E-state index in [0.29, 0.717) is 40.7 Å². The summed E-state index contributed by atoms with van der Waals surface area (Å²) in [7, 11) is -0.155. The van der Waals surface area contributed by atoms with Crippen LogP contribution in [0.1, 0.15) is 27.7 Å². The average Bonchev–Trinajstić information content (AvgIpc) is 3.10. The van der Waals surface area contributed by atoms with E-state index < -0.39 is 15.1 Å². The first-order valence-electron chi connectivity index (χ1n) is 10.2. The maximum atomic E-state index is 13.3. The van der Waals surface area contributed by atoms with Gasteiger partial charge in [-0.3, -0.25) is 9.48 Å². The smallest absolute Gasteiger partial charge is 0.272 e. The van der Waals surface area contributed by atoms with Crippen LogP contribution in [0.5, 0.6) is 5.75 Å². The molecule has 3 aromatic rings. The van der Waals surface area contributed by atoms with Crippen LogP contribution in [0.25, 0.3) is 11.3 Å². The molecule has 0 radical (unpaired) electrons. The Morgan fingerprint density at radius 2 is 1.91 bits per heavy atom. The van der Waals surface area contributed by atoms with Gasteiger partial charge in [0.05, 0.1) is 23.8 Å². The Hall–Kier alpha value is -2.84. The average molecular weight is 474 g/mol. The highest BCUT2D eigenvalue weighted by Crippen LogP contribution is 2.34. The summed E-state index contributed by atoms with van der Waals surface area (Å²) < 4.78 is 32.7. The number of carbonyl (C=O) groups is 1. The number of aromatic nitrogens is 2. The Labute approximate surface area is 192 Å². The van der Waals surface area contributed by atoms with Gasteiger partial charge in [0.25, 0.3) is 5.91 Å². The summed E-state index contributed by atoms with van der Waals surface area (Å²) in [6.07, 6.45) is 0.290. The second kappa shape index (κ2) is 8.96. The van der Waals surface area contributed by atoms with Crippen molar-refractivity contribution in [2.75, 3.05) is 26.0 Å². The molecule has 1 fully saturated rings. The molecule has 2 aromatic carbocycles. The summed E-state index contributed by atoms with van der Waals surface area (Å²) in [5.74, 6) is 0.336. The molecule has 0 aliphatic carbocycles. The molecule has 1 aliphatic rings. The third kappa shape index (κ3) is 4.38. The number of halogens is 1. The van der Waals surface area contributed by atoms with Gasteiger partial charge >= 0.3 is 0 Å². The highest BCUT2D eigenvalue weighted by molar-refractivity contribution is 7.91. The predicted molar refractivity (Wildman–Crippen MR) is 124 cm³/mol. The van der Waals surface area contributed by atoms with Gasteiger partial charge in [0.1, 0.15) is 11.4 Å². The second-order valence-corrected chi connectivity index (χ2v) is 10.4. The predicted octanol–water partition coefficient (Wildman–Crippen LogP) is 3.75. The summed E-state index contributed by atoms with van der Waals surface area (Å²) in [6.45, 7) is 0.440. The van der Waals surface area contributed by atoms with Gasteiger partial charge < -0.3 is 9.64 Å². The quantitative estimate of drug-likeness (QED) is 0.576. The van der Waals surface area contributed by atoms with Crippen LogP contribution in [0.2, 0.25) is 5.02 Å². The third-order valence-corrected chi connectivity index (χ3v) is 8.20. The first kappa shape index (κ1) is 22.4. The van der Waals surface area contributed by atoms with Gasteiger partial charge in [0.15, 0.2) is 9.84 Å². The molecule has 168 valence electrons. The molecule has 1 unspecified atom stereocenters. The summed E-state index contributed by atoms with van der Waals surface area (Å²) in [6, 6.07) is 16.1. The van der Waals surface area contributed by atoms with Gasteiger partial charge in [0, 0.05) is 30.7 Å². The third-order valence-electron chi connectivity index (χ3n) is 5.74. The van der Waals surface area contributed by atoms with E-state index in [1.165, 1.54) is 4.68 Å². The molecule has 1 aromatic heterocycles. The molecule has 2 heterocycles. The lowest BCUT2D eigenvalue weighted by atomic mass is 10.1. The zero-order chi connectivity index (χ0) is 22.9. The number of nitrogens with zero attached hydrogens (tertiary/aromatic N) is 3. The summed E-state index contributed by atoms with van der Waals surface area (Å²) in [4.78, 5) is 14.9. The van der Waals surface area contributed by atoms with Gasteiger partial charge in [-0.1, -0.05) is 41.9 Å². The van der Waals surface area contributed by atoms with Crippen LogP contribution in [0.3, 0.4) is 0 Å². The van der Waals surface area contributed by atoms with Gasteiger partial charge in [-0.2, -0.15) is 5.10 Å². The standard InChI is InChI=1S/C23H24ClN3O4S/c1-26-21(15-20(25-26)16-6-5-7-17(14-16)31-2)23(28)27-11-10-22(32(29,30)13-12-27)18-8-3-4-9-19(18)24/h3-9,14-15,22H,10-13H2,1-2H3. The van der Waals surface area contributed by atoms with E-state index in [-0.39, 0.29) is 18.2 Å². The van der Waals surface area contributed by atoms with Gasteiger partial charge in [-0.15, -0.1) is 0 Å². The van der Waals surface area contributed by atoms with E-state index in [2.05, 4.69) is 5.10 Å². The van der Waals surface area contributed by atoms with Crippen LogP contribution in [0.15, 0.2) is 54.6 Å². The monoisotopic (exact) mass is 473 g/mol. The van der Waals surface area contributed by atoms with E-state index in [1.54, 1.807) is 49.4 Å². The number of hydrogen-bond acceptors (Lipinski definition) is 5. The minimum Gasteiger partial charge on any atom is -0.497 e. The number of carbonyl (C=O) groups excluding carboxylic acids is 1. The van der Waals surface area contributed by atoms with Crippen molar-refractivity contribution in [1.82, 2.24) is 14.7 Å². The van der Waals surface area contributed by atoms with Crippen LogP contribution in [-0.2, 0) is 16.9 Å². The second-order valence-electron chi connectivity index (χ2n) is 7.73. The largest absolute Gasteiger partial charge is 0.497 e. The van der Waals surface area contributed by atoms with E-state index in [0.717, 1.165) is 5.56 Å². The molecule has 0 spiro atoms. The maximum Gasteiger partial charge on any atom is 0.272 e. The number of hydrogen-bond donors (Lipinski definition) is 0. The van der Waals surface area contributed by atoms with Gasteiger partial charge in [0.2, 0.25) is 0 Å². The van der Waals surface area contributed by atoms with Crippen LogP contribution in [-0.4, -0.2) is 55.0 Å². The molecule has 0 bridgehead atoms. The maximum absolute atomic E-state index is 13.3. The molecular weight excluding hydrogens is 450 g/mol. The number of aryl methyl sites for hydroxylation is 1. The molecule has 1 amide bonds. The normalized spacial score (nSPS) is 18.2. The van der Waals surface area contributed by atoms with Gasteiger partial charge in [-0.25, -0.2) is 8.42 Å². The number of rotatable bonds is 4. The molecule has 1 aliphatic heterocycles. The van der Waals surface area contributed by atoms with Gasteiger partial charge in [-0.05, 0) is 36.2 Å². The molecule has 4 rings (SSSR count).